The molecule has 0 aromatic carbocycles. The van der Waals surface area contributed by atoms with E-state index < -0.39 is 0 Å². The standard InChI is InChI=1S/C12H22N2O2/c1-2-12(4-5-13-9-12)11(15)14-7-10-3-6-16-8-10/h10,13H,2-9H2,1H3,(H,14,15). The van der Waals surface area contributed by atoms with Crippen LogP contribution in [-0.2, 0) is 9.53 Å². The highest BCUT2D eigenvalue weighted by molar-refractivity contribution is 5.83. The third-order valence-electron chi connectivity index (χ3n) is 3.98. The summed E-state index contributed by atoms with van der Waals surface area (Å²) in [5.41, 5.74) is -0.153. The minimum atomic E-state index is -0.153. The fourth-order valence-corrected chi connectivity index (χ4v) is 2.57. The number of nitrogens with one attached hydrogen (secondary N) is 2. The van der Waals surface area contributed by atoms with Gasteiger partial charge in [-0.05, 0) is 25.8 Å². The summed E-state index contributed by atoms with van der Waals surface area (Å²) in [6.07, 6.45) is 2.97. The Bertz CT molecular complexity index is 243. The van der Waals surface area contributed by atoms with Crippen LogP contribution >= 0.6 is 0 Å². The highest BCUT2D eigenvalue weighted by Crippen LogP contribution is 2.29. The molecule has 2 aliphatic rings. The van der Waals surface area contributed by atoms with Crippen molar-refractivity contribution in [1.82, 2.24) is 10.6 Å². The summed E-state index contributed by atoms with van der Waals surface area (Å²) in [5.74, 6) is 0.749. The van der Waals surface area contributed by atoms with Crippen molar-refractivity contribution in [1.29, 1.82) is 0 Å². The third kappa shape index (κ3) is 2.38. The van der Waals surface area contributed by atoms with Gasteiger partial charge in [0.2, 0.25) is 5.91 Å². The lowest BCUT2D eigenvalue weighted by molar-refractivity contribution is -0.130. The zero-order chi connectivity index (χ0) is 11.4. The van der Waals surface area contributed by atoms with Crippen molar-refractivity contribution in [3.63, 3.8) is 0 Å². The number of rotatable bonds is 4. The molecule has 2 saturated heterocycles. The van der Waals surface area contributed by atoms with Gasteiger partial charge in [-0.3, -0.25) is 4.79 Å². The fraction of sp³-hybridized carbons (Fsp3) is 0.917. The third-order valence-corrected chi connectivity index (χ3v) is 3.98. The van der Waals surface area contributed by atoms with Crippen LogP contribution in [0, 0.1) is 11.3 Å². The number of hydrogen-bond acceptors (Lipinski definition) is 3. The summed E-state index contributed by atoms with van der Waals surface area (Å²) in [4.78, 5) is 12.2. The molecule has 4 heteroatoms. The van der Waals surface area contributed by atoms with Gasteiger partial charge >= 0.3 is 0 Å². The van der Waals surface area contributed by atoms with Gasteiger partial charge in [-0.1, -0.05) is 6.92 Å². The van der Waals surface area contributed by atoms with Crippen molar-refractivity contribution in [3.8, 4) is 0 Å². The first-order valence-corrected chi connectivity index (χ1v) is 6.33. The molecule has 0 saturated carbocycles. The van der Waals surface area contributed by atoms with Gasteiger partial charge in [0, 0.05) is 25.6 Å². The molecule has 0 radical (unpaired) electrons. The van der Waals surface area contributed by atoms with Gasteiger partial charge in [0.05, 0.1) is 12.0 Å². The first-order chi connectivity index (χ1) is 7.77. The van der Waals surface area contributed by atoms with Crippen LogP contribution in [0.15, 0.2) is 0 Å². The van der Waals surface area contributed by atoms with E-state index in [0.29, 0.717) is 5.92 Å². The van der Waals surface area contributed by atoms with Gasteiger partial charge in [-0.15, -0.1) is 0 Å². The molecule has 0 aliphatic carbocycles. The zero-order valence-corrected chi connectivity index (χ0v) is 10.1. The van der Waals surface area contributed by atoms with Crippen LogP contribution in [-0.4, -0.2) is 38.8 Å². The Hall–Kier alpha value is -0.610. The largest absolute Gasteiger partial charge is 0.381 e. The molecule has 0 bridgehead atoms. The molecule has 4 nitrogen and oxygen atoms in total. The van der Waals surface area contributed by atoms with E-state index in [4.69, 9.17) is 4.74 Å². The Morgan fingerprint density at radius 3 is 3.06 bits per heavy atom. The molecule has 2 fully saturated rings. The van der Waals surface area contributed by atoms with Crippen molar-refractivity contribution in [2.75, 3.05) is 32.8 Å². The molecular weight excluding hydrogens is 204 g/mol. The predicted molar refractivity (Wildman–Crippen MR) is 62.1 cm³/mol. The fourth-order valence-electron chi connectivity index (χ4n) is 2.57. The second kappa shape index (κ2) is 5.15. The van der Waals surface area contributed by atoms with E-state index in [1.165, 1.54) is 0 Å². The lowest BCUT2D eigenvalue weighted by atomic mass is 9.83. The van der Waals surface area contributed by atoms with Gasteiger partial charge in [0.1, 0.15) is 0 Å². The first kappa shape index (κ1) is 11.9. The van der Waals surface area contributed by atoms with Crippen molar-refractivity contribution in [2.24, 2.45) is 11.3 Å². The van der Waals surface area contributed by atoms with Gasteiger partial charge in [-0.25, -0.2) is 0 Å². The molecule has 2 heterocycles. The van der Waals surface area contributed by atoms with Crippen molar-refractivity contribution in [2.45, 2.75) is 26.2 Å². The molecule has 2 aliphatic heterocycles. The van der Waals surface area contributed by atoms with E-state index in [1.807, 2.05) is 0 Å². The van der Waals surface area contributed by atoms with E-state index in [0.717, 1.165) is 52.1 Å². The second-order valence-corrected chi connectivity index (χ2v) is 5.00. The Morgan fingerprint density at radius 1 is 1.62 bits per heavy atom. The van der Waals surface area contributed by atoms with Gasteiger partial charge in [0.25, 0.3) is 0 Å². The zero-order valence-electron chi connectivity index (χ0n) is 10.1. The van der Waals surface area contributed by atoms with Gasteiger partial charge < -0.3 is 15.4 Å². The minimum absolute atomic E-state index is 0.153. The number of carbonyl (C=O) groups is 1. The van der Waals surface area contributed by atoms with E-state index in [9.17, 15) is 4.79 Å². The Morgan fingerprint density at radius 2 is 2.50 bits per heavy atom. The molecule has 92 valence electrons. The lowest BCUT2D eigenvalue weighted by Crippen LogP contribution is -2.43. The summed E-state index contributed by atoms with van der Waals surface area (Å²) in [5, 5.41) is 6.39. The summed E-state index contributed by atoms with van der Waals surface area (Å²) >= 11 is 0. The highest BCUT2D eigenvalue weighted by Gasteiger charge is 2.39. The monoisotopic (exact) mass is 226 g/mol. The molecule has 16 heavy (non-hydrogen) atoms. The Labute approximate surface area is 97.1 Å². The van der Waals surface area contributed by atoms with Crippen LogP contribution in [0.1, 0.15) is 26.2 Å². The van der Waals surface area contributed by atoms with Crippen molar-refractivity contribution < 1.29 is 9.53 Å². The van der Waals surface area contributed by atoms with Crippen molar-refractivity contribution >= 4 is 5.91 Å². The summed E-state index contributed by atoms with van der Waals surface area (Å²) in [7, 11) is 0. The normalized spacial score (nSPS) is 34.2. The molecule has 0 spiro atoms. The maximum Gasteiger partial charge on any atom is 0.227 e. The van der Waals surface area contributed by atoms with E-state index in [-0.39, 0.29) is 11.3 Å². The van der Waals surface area contributed by atoms with E-state index in [2.05, 4.69) is 17.6 Å². The summed E-state index contributed by atoms with van der Waals surface area (Å²) in [6.45, 7) is 6.33. The van der Waals surface area contributed by atoms with Gasteiger partial charge in [0.15, 0.2) is 0 Å². The topological polar surface area (TPSA) is 50.4 Å². The highest BCUT2D eigenvalue weighted by atomic mass is 16.5. The summed E-state index contributed by atoms with van der Waals surface area (Å²) < 4.78 is 5.30. The number of hydrogen-bond donors (Lipinski definition) is 2. The van der Waals surface area contributed by atoms with E-state index in [1.54, 1.807) is 0 Å². The number of ether oxygens (including phenoxy) is 1. The van der Waals surface area contributed by atoms with E-state index >= 15 is 0 Å². The summed E-state index contributed by atoms with van der Waals surface area (Å²) in [6, 6.07) is 0. The molecule has 1 amide bonds. The van der Waals surface area contributed by atoms with Crippen LogP contribution < -0.4 is 10.6 Å². The molecule has 2 unspecified atom stereocenters. The van der Waals surface area contributed by atoms with Crippen molar-refractivity contribution in [3.05, 3.63) is 0 Å². The predicted octanol–water partition coefficient (Wildman–Crippen LogP) is 0.529. The van der Waals surface area contributed by atoms with Crippen LogP contribution in [0.3, 0.4) is 0 Å². The SMILES string of the molecule is CCC1(C(=O)NCC2CCOC2)CCNC1. The smallest absolute Gasteiger partial charge is 0.227 e. The lowest BCUT2D eigenvalue weighted by Gasteiger charge is -2.25. The quantitative estimate of drug-likeness (QED) is 0.735. The number of amides is 1. The van der Waals surface area contributed by atoms with Crippen LogP contribution in [0.25, 0.3) is 0 Å². The molecule has 0 aromatic rings. The maximum atomic E-state index is 12.2. The molecule has 2 N–H and O–H groups in total. The average Bonchev–Trinajstić information content (AvgIpc) is 2.97. The molecule has 2 atom stereocenters. The van der Waals surface area contributed by atoms with Crippen LogP contribution in [0.5, 0.6) is 0 Å². The molecule has 0 aromatic heterocycles. The molecule has 2 rings (SSSR count). The average molecular weight is 226 g/mol. The van der Waals surface area contributed by atoms with Crippen LogP contribution in [0.2, 0.25) is 0 Å². The second-order valence-electron chi connectivity index (χ2n) is 5.00. The van der Waals surface area contributed by atoms with Gasteiger partial charge in [-0.2, -0.15) is 0 Å². The van der Waals surface area contributed by atoms with Crippen LogP contribution in [0.4, 0.5) is 0 Å². The number of carbonyl (C=O) groups excluding carboxylic acids is 1. The minimum Gasteiger partial charge on any atom is -0.381 e. The first-order valence-electron chi connectivity index (χ1n) is 6.33. The Kier molecular flexibility index (Phi) is 3.82. The maximum absolute atomic E-state index is 12.2. The Balaban J connectivity index is 1.81. The molecular formula is C12H22N2O2.